The number of aryl methyl sites for hydroxylation is 1. The summed E-state index contributed by atoms with van der Waals surface area (Å²) < 4.78 is 44.5. The number of ether oxygens (including phenoxy) is 3. The van der Waals surface area contributed by atoms with Gasteiger partial charge in [0.1, 0.15) is 12.3 Å². The summed E-state index contributed by atoms with van der Waals surface area (Å²) in [5, 5.41) is 11.7. The molecule has 3 aromatic rings. The first-order chi connectivity index (χ1) is 18.4. The van der Waals surface area contributed by atoms with E-state index in [0.29, 0.717) is 17.1 Å². The Labute approximate surface area is 231 Å². The molecule has 0 radical (unpaired) electrons. The summed E-state index contributed by atoms with van der Waals surface area (Å²) in [4.78, 5) is 25.2. The zero-order valence-corrected chi connectivity index (χ0v) is 23.6. The van der Waals surface area contributed by atoms with Gasteiger partial charge in [0, 0.05) is 30.2 Å². The van der Waals surface area contributed by atoms with E-state index in [1.54, 1.807) is 18.2 Å². The average Bonchev–Trinajstić information content (AvgIpc) is 2.91. The van der Waals surface area contributed by atoms with Crippen molar-refractivity contribution in [3.63, 3.8) is 0 Å². The normalized spacial score (nSPS) is 11.0. The molecule has 39 heavy (non-hydrogen) atoms. The van der Waals surface area contributed by atoms with Crippen LogP contribution in [0.5, 0.6) is 17.2 Å². The van der Waals surface area contributed by atoms with E-state index in [1.165, 1.54) is 70.5 Å². The molecule has 0 saturated carbocycles. The number of carbonyl (C=O) groups excluding carboxylic acids is 1. The molecule has 0 aliphatic carbocycles. The minimum absolute atomic E-state index is 0.00101. The van der Waals surface area contributed by atoms with E-state index in [4.69, 9.17) is 25.8 Å². The van der Waals surface area contributed by atoms with Crippen molar-refractivity contribution < 1.29 is 32.3 Å². The SMILES string of the molecule is COc1ccc(CN(C)C(=O)CN(c2cc(Cl)ccc2OC)S(=O)(=O)c2ccc(C)c([N+](=O)[O-])c2)cc1OC. The molecular weight excluding hydrogens is 550 g/mol. The van der Waals surface area contributed by atoms with E-state index >= 15 is 0 Å². The van der Waals surface area contributed by atoms with Gasteiger partial charge in [-0.25, -0.2) is 8.42 Å². The summed E-state index contributed by atoms with van der Waals surface area (Å²) >= 11 is 6.18. The van der Waals surface area contributed by atoms with E-state index in [9.17, 15) is 23.3 Å². The van der Waals surface area contributed by atoms with Gasteiger partial charge in [-0.15, -0.1) is 0 Å². The number of anilines is 1. The van der Waals surface area contributed by atoms with Gasteiger partial charge in [-0.05, 0) is 48.9 Å². The molecule has 0 aliphatic heterocycles. The molecule has 0 bridgehead atoms. The number of halogens is 1. The Morgan fingerprint density at radius 3 is 2.21 bits per heavy atom. The summed E-state index contributed by atoms with van der Waals surface area (Å²) in [6.45, 7) is 0.999. The topological polar surface area (TPSA) is 129 Å². The second-order valence-electron chi connectivity index (χ2n) is 8.47. The van der Waals surface area contributed by atoms with Crippen LogP contribution in [0.1, 0.15) is 11.1 Å². The number of methoxy groups -OCH3 is 3. The lowest BCUT2D eigenvalue weighted by Crippen LogP contribution is -2.41. The lowest BCUT2D eigenvalue weighted by Gasteiger charge is -2.28. The molecular formula is C26H28ClN3O8S. The fourth-order valence-corrected chi connectivity index (χ4v) is 5.42. The van der Waals surface area contributed by atoms with Gasteiger partial charge < -0.3 is 19.1 Å². The number of amides is 1. The molecule has 3 aromatic carbocycles. The summed E-state index contributed by atoms with van der Waals surface area (Å²) in [5.41, 5.74) is 0.635. The maximum absolute atomic E-state index is 13.9. The number of rotatable bonds is 11. The van der Waals surface area contributed by atoms with Gasteiger partial charge in [0.05, 0.1) is 36.8 Å². The number of hydrogen-bond donors (Lipinski definition) is 0. The minimum atomic E-state index is -4.49. The predicted molar refractivity (Wildman–Crippen MR) is 146 cm³/mol. The zero-order chi connectivity index (χ0) is 28.9. The molecule has 0 heterocycles. The monoisotopic (exact) mass is 577 g/mol. The molecule has 13 heteroatoms. The molecule has 0 spiro atoms. The Morgan fingerprint density at radius 1 is 0.949 bits per heavy atom. The maximum Gasteiger partial charge on any atom is 0.273 e. The number of benzene rings is 3. The van der Waals surface area contributed by atoms with Gasteiger partial charge in [0.25, 0.3) is 15.7 Å². The van der Waals surface area contributed by atoms with Gasteiger partial charge in [0.15, 0.2) is 11.5 Å². The number of nitrogens with zero attached hydrogens (tertiary/aromatic N) is 3. The summed E-state index contributed by atoms with van der Waals surface area (Å²) in [7, 11) is 1.38. The molecule has 0 atom stereocenters. The molecule has 0 aromatic heterocycles. The molecule has 1 amide bonds. The van der Waals surface area contributed by atoms with Crippen LogP contribution in [0.25, 0.3) is 0 Å². The second kappa shape index (κ2) is 12.2. The van der Waals surface area contributed by atoms with Gasteiger partial charge >= 0.3 is 0 Å². The predicted octanol–water partition coefficient (Wildman–Crippen LogP) is 4.44. The smallest absolute Gasteiger partial charge is 0.273 e. The van der Waals surface area contributed by atoms with E-state index in [-0.39, 0.29) is 39.2 Å². The van der Waals surface area contributed by atoms with Crippen molar-refractivity contribution >= 4 is 38.9 Å². The summed E-state index contributed by atoms with van der Waals surface area (Å²) in [6, 6.07) is 13.0. The van der Waals surface area contributed by atoms with Gasteiger partial charge in [0.2, 0.25) is 5.91 Å². The number of likely N-dealkylation sites (N-methyl/N-ethyl adjacent to an activating group) is 1. The quantitative estimate of drug-likeness (QED) is 0.242. The van der Waals surface area contributed by atoms with E-state index in [1.807, 2.05) is 0 Å². The van der Waals surface area contributed by atoms with Crippen LogP contribution < -0.4 is 18.5 Å². The van der Waals surface area contributed by atoms with Crippen molar-refractivity contribution in [1.82, 2.24) is 4.90 Å². The van der Waals surface area contributed by atoms with Crippen molar-refractivity contribution in [3.05, 3.63) is 80.9 Å². The molecule has 0 fully saturated rings. The van der Waals surface area contributed by atoms with Crippen LogP contribution >= 0.6 is 11.6 Å². The Balaban J connectivity index is 2.03. The van der Waals surface area contributed by atoms with Crippen LogP contribution in [0, 0.1) is 17.0 Å². The molecule has 0 aliphatic rings. The highest BCUT2D eigenvalue weighted by Crippen LogP contribution is 2.36. The van der Waals surface area contributed by atoms with Crippen molar-refractivity contribution in [2.24, 2.45) is 0 Å². The standard InChI is InChI=1S/C26H28ClN3O8S/c1-17-6-9-20(14-21(17)30(32)33)39(34,35)29(22-13-19(27)8-11-23(22)36-3)16-26(31)28(2)15-18-7-10-24(37-4)25(12-18)38-5/h6-14H,15-16H2,1-5H3. The van der Waals surface area contributed by atoms with Crippen LogP contribution in [-0.2, 0) is 21.4 Å². The first kappa shape index (κ1) is 29.5. The van der Waals surface area contributed by atoms with E-state index < -0.39 is 27.4 Å². The van der Waals surface area contributed by atoms with Crippen LogP contribution in [0.3, 0.4) is 0 Å². The van der Waals surface area contributed by atoms with Crippen molar-refractivity contribution in [2.75, 3.05) is 39.2 Å². The Hall–Kier alpha value is -4.03. The van der Waals surface area contributed by atoms with Gasteiger partial charge in [-0.1, -0.05) is 23.7 Å². The molecule has 0 saturated heterocycles. The van der Waals surface area contributed by atoms with Crippen LogP contribution in [-0.4, -0.2) is 59.1 Å². The molecule has 208 valence electrons. The van der Waals surface area contributed by atoms with Gasteiger partial charge in [-0.2, -0.15) is 0 Å². The van der Waals surface area contributed by atoms with E-state index in [2.05, 4.69) is 0 Å². The van der Waals surface area contributed by atoms with E-state index in [0.717, 1.165) is 10.4 Å². The first-order valence-corrected chi connectivity index (χ1v) is 13.3. The highest BCUT2D eigenvalue weighted by atomic mass is 35.5. The number of nitro benzene ring substituents is 1. The molecule has 11 nitrogen and oxygen atoms in total. The third-order valence-electron chi connectivity index (χ3n) is 5.95. The van der Waals surface area contributed by atoms with Crippen LogP contribution in [0.4, 0.5) is 11.4 Å². The van der Waals surface area contributed by atoms with Crippen LogP contribution in [0.15, 0.2) is 59.5 Å². The van der Waals surface area contributed by atoms with Crippen molar-refractivity contribution in [3.8, 4) is 17.2 Å². The fraction of sp³-hybridized carbons (Fsp3) is 0.269. The number of hydrogen-bond acceptors (Lipinski definition) is 8. The lowest BCUT2D eigenvalue weighted by molar-refractivity contribution is -0.385. The lowest BCUT2D eigenvalue weighted by atomic mass is 10.2. The maximum atomic E-state index is 13.9. The highest BCUT2D eigenvalue weighted by Gasteiger charge is 2.32. The second-order valence-corrected chi connectivity index (χ2v) is 10.8. The molecule has 0 N–H and O–H groups in total. The number of carbonyl (C=O) groups is 1. The number of sulfonamides is 1. The summed E-state index contributed by atoms with van der Waals surface area (Å²) in [5.74, 6) is 0.578. The Kier molecular flexibility index (Phi) is 9.25. The zero-order valence-electron chi connectivity index (χ0n) is 22.0. The fourth-order valence-electron chi connectivity index (χ4n) is 3.82. The Morgan fingerprint density at radius 2 is 1.59 bits per heavy atom. The van der Waals surface area contributed by atoms with Crippen molar-refractivity contribution in [1.29, 1.82) is 0 Å². The molecule has 3 rings (SSSR count). The summed E-state index contributed by atoms with van der Waals surface area (Å²) in [6.07, 6.45) is 0. The Bertz CT molecular complexity index is 1500. The van der Waals surface area contributed by atoms with Crippen molar-refractivity contribution in [2.45, 2.75) is 18.4 Å². The third kappa shape index (κ3) is 6.52. The van der Waals surface area contributed by atoms with Gasteiger partial charge in [-0.3, -0.25) is 19.2 Å². The molecule has 0 unspecified atom stereocenters. The average molecular weight is 578 g/mol. The third-order valence-corrected chi connectivity index (χ3v) is 7.94. The number of nitro groups is 1. The largest absolute Gasteiger partial charge is 0.495 e. The minimum Gasteiger partial charge on any atom is -0.495 e. The highest BCUT2D eigenvalue weighted by molar-refractivity contribution is 7.92. The first-order valence-electron chi connectivity index (χ1n) is 11.5. The van der Waals surface area contributed by atoms with Crippen LogP contribution in [0.2, 0.25) is 5.02 Å².